The van der Waals surface area contributed by atoms with Crippen molar-refractivity contribution in [3.63, 3.8) is 0 Å². The standard InChI is InChI=1S/C21H25N3O4S/c25-21-13-16-2-1-3-19(16)22-24(21)14-15-6-9-23(10-7-15)29(26,27)18-4-5-20-17(12-18)8-11-28-20/h4-5,12-13,15H,1-3,6-11,14H2. The van der Waals surface area contributed by atoms with Crippen molar-refractivity contribution in [3.05, 3.63) is 51.4 Å². The minimum absolute atomic E-state index is 0.0407. The molecule has 1 aromatic carbocycles. The maximum atomic E-state index is 13.1. The smallest absolute Gasteiger partial charge is 0.267 e. The van der Waals surface area contributed by atoms with Crippen LogP contribution in [0.25, 0.3) is 0 Å². The van der Waals surface area contributed by atoms with Gasteiger partial charge in [0.05, 0.1) is 17.2 Å². The highest BCUT2D eigenvalue weighted by molar-refractivity contribution is 7.89. The molecule has 1 aromatic heterocycles. The van der Waals surface area contributed by atoms with Gasteiger partial charge in [0, 0.05) is 32.1 Å². The van der Waals surface area contributed by atoms with Gasteiger partial charge in [-0.15, -0.1) is 0 Å². The van der Waals surface area contributed by atoms with Crippen molar-refractivity contribution in [3.8, 4) is 5.75 Å². The Balaban J connectivity index is 1.26. The summed E-state index contributed by atoms with van der Waals surface area (Å²) in [7, 11) is -3.50. The van der Waals surface area contributed by atoms with E-state index in [2.05, 4.69) is 5.10 Å². The van der Waals surface area contributed by atoms with Gasteiger partial charge < -0.3 is 4.74 Å². The van der Waals surface area contributed by atoms with Crippen molar-refractivity contribution in [2.75, 3.05) is 19.7 Å². The highest BCUT2D eigenvalue weighted by Gasteiger charge is 2.31. The maximum Gasteiger partial charge on any atom is 0.267 e. The third-order valence-electron chi connectivity index (χ3n) is 6.33. The number of rotatable bonds is 4. The van der Waals surface area contributed by atoms with Crippen molar-refractivity contribution in [2.45, 2.75) is 50.0 Å². The monoisotopic (exact) mass is 415 g/mol. The summed E-state index contributed by atoms with van der Waals surface area (Å²) in [5.41, 5.74) is 3.06. The van der Waals surface area contributed by atoms with Crippen molar-refractivity contribution >= 4 is 10.0 Å². The number of piperidine rings is 1. The normalized spacial score (nSPS) is 19.7. The summed E-state index contributed by atoms with van der Waals surface area (Å²) in [4.78, 5) is 12.7. The quantitative estimate of drug-likeness (QED) is 0.760. The first kappa shape index (κ1) is 18.8. The number of hydrogen-bond acceptors (Lipinski definition) is 5. The van der Waals surface area contributed by atoms with Crippen molar-refractivity contribution < 1.29 is 13.2 Å². The Morgan fingerprint density at radius 3 is 2.72 bits per heavy atom. The Labute approximate surface area is 170 Å². The Morgan fingerprint density at radius 2 is 1.90 bits per heavy atom. The first-order chi connectivity index (χ1) is 14.0. The van der Waals surface area contributed by atoms with E-state index in [1.54, 1.807) is 33.3 Å². The van der Waals surface area contributed by atoms with Gasteiger partial charge in [0.15, 0.2) is 0 Å². The minimum Gasteiger partial charge on any atom is -0.493 e. The van der Waals surface area contributed by atoms with Crippen LogP contribution in [-0.2, 0) is 35.8 Å². The van der Waals surface area contributed by atoms with Gasteiger partial charge in [-0.1, -0.05) is 0 Å². The third-order valence-corrected chi connectivity index (χ3v) is 8.22. The van der Waals surface area contributed by atoms with Crippen LogP contribution in [0.1, 0.15) is 36.1 Å². The Bertz CT molecular complexity index is 1100. The second-order valence-corrected chi connectivity index (χ2v) is 10.1. The van der Waals surface area contributed by atoms with Crippen LogP contribution in [-0.4, -0.2) is 42.2 Å². The van der Waals surface area contributed by atoms with E-state index in [4.69, 9.17) is 4.74 Å². The molecular weight excluding hydrogens is 390 g/mol. The minimum atomic E-state index is -3.50. The van der Waals surface area contributed by atoms with Crippen LogP contribution in [0.3, 0.4) is 0 Å². The molecule has 3 heterocycles. The highest BCUT2D eigenvalue weighted by Crippen LogP contribution is 2.30. The van der Waals surface area contributed by atoms with Crippen LogP contribution >= 0.6 is 0 Å². The molecule has 154 valence electrons. The summed E-state index contributed by atoms with van der Waals surface area (Å²) in [5, 5.41) is 4.56. The van der Waals surface area contributed by atoms with E-state index < -0.39 is 10.0 Å². The largest absolute Gasteiger partial charge is 0.493 e. The second kappa shape index (κ2) is 7.25. The number of ether oxygens (including phenoxy) is 1. The molecule has 0 spiro atoms. The van der Waals surface area contributed by atoms with E-state index in [1.807, 2.05) is 0 Å². The first-order valence-corrected chi connectivity index (χ1v) is 11.8. The van der Waals surface area contributed by atoms with E-state index in [9.17, 15) is 13.2 Å². The lowest BCUT2D eigenvalue weighted by Gasteiger charge is -2.31. The molecule has 5 rings (SSSR count). The van der Waals surface area contributed by atoms with E-state index in [0.29, 0.717) is 31.1 Å². The molecule has 8 heteroatoms. The highest BCUT2D eigenvalue weighted by atomic mass is 32.2. The number of nitrogens with zero attached hydrogens (tertiary/aromatic N) is 3. The molecule has 0 unspecified atom stereocenters. The van der Waals surface area contributed by atoms with Gasteiger partial charge in [0.25, 0.3) is 5.56 Å². The summed E-state index contributed by atoms with van der Waals surface area (Å²) in [6, 6.07) is 6.87. The van der Waals surface area contributed by atoms with Crippen molar-refractivity contribution in [1.29, 1.82) is 0 Å². The number of sulfonamides is 1. The van der Waals surface area contributed by atoms with E-state index in [1.165, 1.54) is 0 Å². The SMILES string of the molecule is O=c1cc2c(nn1CC1CCN(S(=O)(=O)c3ccc4c(c3)CCO4)CC1)CCC2. The fraction of sp³-hybridized carbons (Fsp3) is 0.524. The molecule has 0 atom stereocenters. The van der Waals surface area contributed by atoms with Crippen LogP contribution < -0.4 is 10.3 Å². The lowest BCUT2D eigenvalue weighted by molar-refractivity contribution is 0.244. The van der Waals surface area contributed by atoms with Gasteiger partial charge in [-0.25, -0.2) is 13.1 Å². The summed E-state index contributed by atoms with van der Waals surface area (Å²) in [6.07, 6.45) is 5.18. The summed E-state index contributed by atoms with van der Waals surface area (Å²) in [5.74, 6) is 1.05. The lowest BCUT2D eigenvalue weighted by Crippen LogP contribution is -2.40. The molecule has 29 heavy (non-hydrogen) atoms. The average Bonchev–Trinajstić information content (AvgIpc) is 3.37. The average molecular weight is 416 g/mol. The zero-order valence-electron chi connectivity index (χ0n) is 16.3. The molecule has 0 amide bonds. The maximum absolute atomic E-state index is 13.1. The zero-order valence-corrected chi connectivity index (χ0v) is 17.2. The number of hydrogen-bond donors (Lipinski definition) is 0. The molecule has 2 aromatic rings. The van der Waals surface area contributed by atoms with Crippen LogP contribution in [0.15, 0.2) is 34.0 Å². The molecule has 2 aliphatic heterocycles. The fourth-order valence-electron chi connectivity index (χ4n) is 4.62. The molecule has 1 aliphatic carbocycles. The second-order valence-electron chi connectivity index (χ2n) is 8.21. The molecule has 1 saturated heterocycles. The Hall–Kier alpha value is -2.19. The molecule has 0 N–H and O–H groups in total. The molecule has 0 saturated carbocycles. The third kappa shape index (κ3) is 3.48. The lowest BCUT2D eigenvalue weighted by atomic mass is 9.98. The first-order valence-electron chi connectivity index (χ1n) is 10.4. The van der Waals surface area contributed by atoms with Crippen LogP contribution in [0, 0.1) is 5.92 Å². The van der Waals surface area contributed by atoms with Gasteiger partial charge in [-0.2, -0.15) is 9.40 Å². The number of fused-ring (bicyclic) bond motifs is 2. The number of aryl methyl sites for hydroxylation is 2. The van der Waals surface area contributed by atoms with Crippen molar-refractivity contribution in [2.24, 2.45) is 5.92 Å². The number of aromatic nitrogens is 2. The van der Waals surface area contributed by atoms with E-state index >= 15 is 0 Å². The fourth-order valence-corrected chi connectivity index (χ4v) is 6.14. The molecule has 3 aliphatic rings. The van der Waals surface area contributed by atoms with Gasteiger partial charge in [0.2, 0.25) is 10.0 Å². The van der Waals surface area contributed by atoms with Crippen LogP contribution in [0.4, 0.5) is 0 Å². The molecule has 0 bridgehead atoms. The van der Waals surface area contributed by atoms with Gasteiger partial charge in [-0.3, -0.25) is 4.79 Å². The predicted octanol–water partition coefficient (Wildman–Crippen LogP) is 1.77. The van der Waals surface area contributed by atoms with Crippen LogP contribution in [0.2, 0.25) is 0 Å². The molecule has 0 radical (unpaired) electrons. The molecule has 1 fully saturated rings. The van der Waals surface area contributed by atoms with E-state index in [-0.39, 0.29) is 11.5 Å². The summed E-state index contributed by atoms with van der Waals surface area (Å²) < 4.78 is 34.7. The molecular formula is C21H25N3O4S. The van der Waals surface area contributed by atoms with Crippen molar-refractivity contribution in [1.82, 2.24) is 14.1 Å². The molecule has 7 nitrogen and oxygen atoms in total. The predicted molar refractivity (Wildman–Crippen MR) is 108 cm³/mol. The number of benzene rings is 1. The Kier molecular flexibility index (Phi) is 4.70. The zero-order chi connectivity index (χ0) is 20.0. The Morgan fingerprint density at radius 1 is 1.07 bits per heavy atom. The van der Waals surface area contributed by atoms with Gasteiger partial charge >= 0.3 is 0 Å². The van der Waals surface area contributed by atoms with E-state index in [0.717, 1.165) is 61.1 Å². The van der Waals surface area contributed by atoms with Gasteiger partial charge in [-0.05, 0) is 67.3 Å². The summed E-state index contributed by atoms with van der Waals surface area (Å²) in [6.45, 7) is 2.12. The summed E-state index contributed by atoms with van der Waals surface area (Å²) >= 11 is 0. The topological polar surface area (TPSA) is 81.5 Å². The van der Waals surface area contributed by atoms with Crippen LogP contribution in [0.5, 0.6) is 5.75 Å². The van der Waals surface area contributed by atoms with Gasteiger partial charge in [0.1, 0.15) is 5.75 Å².